The topological polar surface area (TPSA) is 92.1 Å². The lowest BCUT2D eigenvalue weighted by atomic mass is 10.2. The molecule has 0 atom stereocenters. The van der Waals surface area contributed by atoms with Crippen LogP contribution in [0, 0.1) is 25.2 Å². The van der Waals surface area contributed by atoms with Gasteiger partial charge in [0.15, 0.2) is 6.61 Å². The van der Waals surface area contributed by atoms with E-state index in [1.807, 2.05) is 38.1 Å². The van der Waals surface area contributed by atoms with Crippen molar-refractivity contribution in [2.24, 2.45) is 0 Å². The van der Waals surface area contributed by atoms with Crippen LogP contribution in [0.2, 0.25) is 0 Å². The number of esters is 1. The lowest BCUT2D eigenvalue weighted by Gasteiger charge is -2.10. The average molecular weight is 369 g/mol. The van der Waals surface area contributed by atoms with Crippen LogP contribution in [0.15, 0.2) is 46.5 Å². The molecule has 0 fully saturated rings. The number of amides is 1. The number of ether oxygens (including phenoxy) is 1. The van der Waals surface area contributed by atoms with Gasteiger partial charge in [-0.05, 0) is 43.2 Å². The molecule has 1 heterocycles. The summed E-state index contributed by atoms with van der Waals surface area (Å²) < 4.78 is 5.07. The average Bonchev–Trinajstić information content (AvgIpc) is 2.63. The SMILES string of the molecule is Cc1ccc(C)c(Sc2ncccc2C(=O)OCC(=O)NCCC#N)c1. The van der Waals surface area contributed by atoms with Gasteiger partial charge in [0, 0.05) is 17.6 Å². The van der Waals surface area contributed by atoms with E-state index in [0.29, 0.717) is 10.6 Å². The van der Waals surface area contributed by atoms with Gasteiger partial charge >= 0.3 is 5.97 Å². The fourth-order valence-electron chi connectivity index (χ4n) is 2.07. The standard InChI is InChI=1S/C19H19N3O3S/c1-13-6-7-14(2)16(11-13)26-18-15(5-3-9-22-18)19(24)25-12-17(23)21-10-4-8-20/h3,5-7,9,11H,4,10,12H2,1-2H3,(H,21,23). The number of aromatic nitrogens is 1. The van der Waals surface area contributed by atoms with Gasteiger partial charge in [-0.1, -0.05) is 23.9 Å². The number of carbonyl (C=O) groups is 2. The molecule has 6 nitrogen and oxygen atoms in total. The van der Waals surface area contributed by atoms with Crippen LogP contribution >= 0.6 is 11.8 Å². The number of rotatable bonds is 7. The second-order valence-electron chi connectivity index (χ2n) is 5.56. The first-order valence-electron chi connectivity index (χ1n) is 8.02. The van der Waals surface area contributed by atoms with Gasteiger partial charge < -0.3 is 10.1 Å². The molecule has 7 heteroatoms. The molecule has 0 saturated heterocycles. The molecule has 0 saturated carbocycles. The van der Waals surface area contributed by atoms with E-state index in [0.717, 1.165) is 16.0 Å². The molecule has 0 spiro atoms. The number of nitrogens with one attached hydrogen (secondary N) is 1. The predicted octanol–water partition coefficient (Wildman–Crippen LogP) is 3.04. The minimum Gasteiger partial charge on any atom is -0.452 e. The van der Waals surface area contributed by atoms with Crippen LogP contribution in [0.25, 0.3) is 0 Å². The number of aryl methyl sites for hydroxylation is 2. The maximum Gasteiger partial charge on any atom is 0.341 e. The molecule has 0 radical (unpaired) electrons. The molecule has 0 unspecified atom stereocenters. The second kappa shape index (κ2) is 9.59. The molecule has 0 aliphatic heterocycles. The maximum atomic E-state index is 12.3. The van der Waals surface area contributed by atoms with Gasteiger partial charge in [-0.3, -0.25) is 4.79 Å². The summed E-state index contributed by atoms with van der Waals surface area (Å²) >= 11 is 1.39. The van der Waals surface area contributed by atoms with Crippen LogP contribution in [0.5, 0.6) is 0 Å². The van der Waals surface area contributed by atoms with Gasteiger partial charge in [-0.25, -0.2) is 9.78 Å². The van der Waals surface area contributed by atoms with Crippen LogP contribution in [0.3, 0.4) is 0 Å². The number of nitrogens with zero attached hydrogens (tertiary/aromatic N) is 2. The van der Waals surface area contributed by atoms with E-state index in [4.69, 9.17) is 10.00 Å². The zero-order valence-electron chi connectivity index (χ0n) is 14.6. The molecule has 2 aromatic rings. The quantitative estimate of drug-likeness (QED) is 0.596. The highest BCUT2D eigenvalue weighted by atomic mass is 32.2. The van der Waals surface area contributed by atoms with Crippen molar-refractivity contribution in [1.82, 2.24) is 10.3 Å². The third-order valence-corrected chi connectivity index (χ3v) is 4.61. The van der Waals surface area contributed by atoms with Gasteiger partial charge in [0.1, 0.15) is 5.03 Å². The van der Waals surface area contributed by atoms with Gasteiger partial charge in [-0.15, -0.1) is 0 Å². The summed E-state index contributed by atoms with van der Waals surface area (Å²) in [6.07, 6.45) is 1.82. The highest BCUT2D eigenvalue weighted by molar-refractivity contribution is 7.99. The third-order valence-electron chi connectivity index (χ3n) is 3.43. The summed E-state index contributed by atoms with van der Waals surface area (Å²) in [6.45, 7) is 3.83. The first-order valence-corrected chi connectivity index (χ1v) is 8.84. The smallest absolute Gasteiger partial charge is 0.341 e. The van der Waals surface area contributed by atoms with Crippen molar-refractivity contribution in [3.63, 3.8) is 0 Å². The number of pyridine rings is 1. The number of hydrogen-bond acceptors (Lipinski definition) is 6. The highest BCUT2D eigenvalue weighted by Crippen LogP contribution is 2.32. The Labute approximate surface area is 156 Å². The van der Waals surface area contributed by atoms with E-state index in [9.17, 15) is 9.59 Å². The lowest BCUT2D eigenvalue weighted by molar-refractivity contribution is -0.124. The van der Waals surface area contributed by atoms with Crippen LogP contribution in [0.1, 0.15) is 27.9 Å². The number of nitriles is 1. The Bertz CT molecular complexity index is 846. The minimum atomic E-state index is -0.610. The molecular weight excluding hydrogens is 350 g/mol. The summed E-state index contributed by atoms with van der Waals surface area (Å²) in [7, 11) is 0. The Morgan fingerprint density at radius 1 is 1.31 bits per heavy atom. The van der Waals surface area contributed by atoms with Crippen LogP contribution in [0.4, 0.5) is 0 Å². The molecule has 1 aromatic carbocycles. The molecule has 1 N–H and O–H groups in total. The van der Waals surface area contributed by atoms with E-state index in [1.165, 1.54) is 11.8 Å². The normalized spacial score (nSPS) is 10.0. The summed E-state index contributed by atoms with van der Waals surface area (Å²) in [6, 6.07) is 11.3. The Morgan fingerprint density at radius 2 is 2.12 bits per heavy atom. The fourth-order valence-corrected chi connectivity index (χ4v) is 3.12. The number of hydrogen-bond donors (Lipinski definition) is 1. The molecule has 26 heavy (non-hydrogen) atoms. The van der Waals surface area contributed by atoms with Gasteiger partial charge in [0.25, 0.3) is 5.91 Å². The summed E-state index contributed by atoms with van der Waals surface area (Å²) in [4.78, 5) is 29.2. The first-order chi connectivity index (χ1) is 12.5. The van der Waals surface area contributed by atoms with E-state index >= 15 is 0 Å². The Balaban J connectivity index is 2.06. The third kappa shape index (κ3) is 5.60. The lowest BCUT2D eigenvalue weighted by Crippen LogP contribution is -2.29. The zero-order chi connectivity index (χ0) is 18.9. The molecule has 134 valence electrons. The number of benzene rings is 1. The van der Waals surface area contributed by atoms with Crippen molar-refractivity contribution in [2.75, 3.05) is 13.2 Å². The molecule has 0 aliphatic carbocycles. The maximum absolute atomic E-state index is 12.3. The summed E-state index contributed by atoms with van der Waals surface area (Å²) in [5.74, 6) is -1.05. The molecule has 2 rings (SSSR count). The highest BCUT2D eigenvalue weighted by Gasteiger charge is 2.17. The molecular formula is C19H19N3O3S. The monoisotopic (exact) mass is 369 g/mol. The van der Waals surface area contributed by atoms with E-state index in [-0.39, 0.29) is 13.0 Å². The van der Waals surface area contributed by atoms with Gasteiger partial charge in [0.2, 0.25) is 0 Å². The van der Waals surface area contributed by atoms with Crippen molar-refractivity contribution in [1.29, 1.82) is 5.26 Å². The number of carbonyl (C=O) groups excluding carboxylic acids is 2. The minimum absolute atomic E-state index is 0.207. The van der Waals surface area contributed by atoms with Crippen molar-refractivity contribution in [3.05, 3.63) is 53.2 Å². The summed E-state index contributed by atoms with van der Waals surface area (Å²) in [5.41, 5.74) is 2.51. The summed E-state index contributed by atoms with van der Waals surface area (Å²) in [5, 5.41) is 11.5. The van der Waals surface area contributed by atoms with Crippen LogP contribution < -0.4 is 5.32 Å². The Morgan fingerprint density at radius 3 is 2.88 bits per heavy atom. The van der Waals surface area contributed by atoms with Crippen molar-refractivity contribution in [3.8, 4) is 6.07 Å². The second-order valence-corrected chi connectivity index (χ2v) is 6.59. The fraction of sp³-hybridized carbons (Fsp3) is 0.263. The Hall–Kier alpha value is -2.85. The van der Waals surface area contributed by atoms with Crippen molar-refractivity contribution >= 4 is 23.6 Å². The van der Waals surface area contributed by atoms with Gasteiger partial charge in [-0.2, -0.15) is 5.26 Å². The van der Waals surface area contributed by atoms with Gasteiger partial charge in [0.05, 0.1) is 18.1 Å². The molecule has 0 bridgehead atoms. The first kappa shape index (κ1) is 19.5. The zero-order valence-corrected chi connectivity index (χ0v) is 15.4. The largest absolute Gasteiger partial charge is 0.452 e. The van der Waals surface area contributed by atoms with E-state index in [1.54, 1.807) is 18.3 Å². The van der Waals surface area contributed by atoms with Crippen LogP contribution in [-0.4, -0.2) is 30.0 Å². The molecule has 1 aromatic heterocycles. The van der Waals surface area contributed by atoms with Crippen molar-refractivity contribution < 1.29 is 14.3 Å². The van der Waals surface area contributed by atoms with Crippen molar-refractivity contribution in [2.45, 2.75) is 30.2 Å². The molecule has 1 amide bonds. The van der Waals surface area contributed by atoms with Crippen LogP contribution in [-0.2, 0) is 9.53 Å². The predicted molar refractivity (Wildman–Crippen MR) is 97.8 cm³/mol. The molecule has 0 aliphatic rings. The Kier molecular flexibility index (Phi) is 7.18. The van der Waals surface area contributed by atoms with E-state index in [2.05, 4.69) is 10.3 Å². The van der Waals surface area contributed by atoms with E-state index < -0.39 is 18.5 Å².